The quantitative estimate of drug-likeness (QED) is 0.821. The fraction of sp³-hybridized carbons (Fsp3) is 0.381. The van der Waals surface area contributed by atoms with Crippen LogP contribution in [0, 0.1) is 17.6 Å². The number of halogens is 2. The van der Waals surface area contributed by atoms with Crippen LogP contribution in [0.3, 0.4) is 0 Å². The summed E-state index contributed by atoms with van der Waals surface area (Å²) in [6.07, 6.45) is 0.426. The highest BCUT2D eigenvalue weighted by atomic mass is 19.1. The fourth-order valence-electron chi connectivity index (χ4n) is 3.59. The molecule has 0 bridgehead atoms. The average Bonchev–Trinajstić information content (AvgIpc) is 2.67. The monoisotopic (exact) mass is 359 g/mol. The second kappa shape index (κ2) is 8.06. The van der Waals surface area contributed by atoms with Crippen molar-refractivity contribution in [1.29, 1.82) is 0 Å². The smallest absolute Gasteiger partial charge is 0.166 e. The Morgan fingerprint density at radius 3 is 2.31 bits per heavy atom. The molecular formula is C21H23F2NO2. The van der Waals surface area contributed by atoms with Gasteiger partial charge in [-0.15, -0.1) is 0 Å². The summed E-state index contributed by atoms with van der Waals surface area (Å²) in [4.78, 5) is 14.6. The largest absolute Gasteiger partial charge is 0.387 e. The number of aliphatic hydroxyl groups excluding tert-OH is 1. The van der Waals surface area contributed by atoms with Crippen molar-refractivity contribution in [2.24, 2.45) is 5.92 Å². The van der Waals surface area contributed by atoms with Crippen molar-refractivity contribution in [3.8, 4) is 0 Å². The molecule has 0 spiro atoms. The normalized spacial score (nSPS) is 18.5. The van der Waals surface area contributed by atoms with Crippen LogP contribution in [0.4, 0.5) is 8.78 Å². The van der Waals surface area contributed by atoms with E-state index in [1.165, 1.54) is 30.3 Å². The van der Waals surface area contributed by atoms with Crippen molar-refractivity contribution in [3.05, 3.63) is 71.3 Å². The maximum Gasteiger partial charge on any atom is 0.166 e. The van der Waals surface area contributed by atoms with E-state index < -0.39 is 11.9 Å². The molecule has 0 radical (unpaired) electrons. The zero-order valence-corrected chi connectivity index (χ0v) is 14.7. The first-order valence-corrected chi connectivity index (χ1v) is 8.93. The van der Waals surface area contributed by atoms with Crippen molar-refractivity contribution in [3.63, 3.8) is 0 Å². The van der Waals surface area contributed by atoms with Gasteiger partial charge in [-0.2, -0.15) is 0 Å². The molecule has 138 valence electrons. The molecule has 26 heavy (non-hydrogen) atoms. The van der Waals surface area contributed by atoms with E-state index in [1.807, 2.05) is 6.92 Å². The highest BCUT2D eigenvalue weighted by Gasteiger charge is 2.31. The Morgan fingerprint density at radius 1 is 1.08 bits per heavy atom. The van der Waals surface area contributed by atoms with Crippen molar-refractivity contribution in [1.82, 2.24) is 4.90 Å². The van der Waals surface area contributed by atoms with E-state index in [4.69, 9.17) is 0 Å². The molecule has 3 rings (SSSR count). The molecular weight excluding hydrogens is 336 g/mol. The Morgan fingerprint density at radius 2 is 1.69 bits per heavy atom. The molecule has 2 aromatic rings. The highest BCUT2D eigenvalue weighted by molar-refractivity contribution is 5.97. The Labute approximate surface area is 152 Å². The minimum absolute atomic E-state index is 0.0342. The number of ketones is 1. The number of hydrogen-bond acceptors (Lipinski definition) is 3. The van der Waals surface area contributed by atoms with E-state index in [0.717, 1.165) is 0 Å². The molecule has 5 heteroatoms. The number of benzene rings is 2. The third-order valence-corrected chi connectivity index (χ3v) is 5.29. The predicted molar refractivity (Wildman–Crippen MR) is 95.8 cm³/mol. The predicted octanol–water partition coefficient (Wildman–Crippen LogP) is 3.98. The van der Waals surface area contributed by atoms with E-state index in [0.29, 0.717) is 37.1 Å². The maximum atomic E-state index is 13.9. The summed E-state index contributed by atoms with van der Waals surface area (Å²) >= 11 is 0. The van der Waals surface area contributed by atoms with E-state index in [1.54, 1.807) is 18.2 Å². The molecule has 1 N–H and O–H groups in total. The number of carbonyl (C=O) groups excluding carboxylic acids is 1. The molecule has 2 atom stereocenters. The van der Waals surface area contributed by atoms with Gasteiger partial charge < -0.3 is 5.11 Å². The van der Waals surface area contributed by atoms with Crippen LogP contribution in [-0.4, -0.2) is 34.9 Å². The lowest BCUT2D eigenvalue weighted by atomic mass is 9.87. The number of rotatable bonds is 5. The van der Waals surface area contributed by atoms with Crippen LogP contribution in [0.15, 0.2) is 48.5 Å². The lowest BCUT2D eigenvalue weighted by molar-refractivity contribution is 0.0346. The third-order valence-electron chi connectivity index (χ3n) is 5.29. The van der Waals surface area contributed by atoms with Crippen molar-refractivity contribution < 1.29 is 18.7 Å². The second-order valence-electron chi connectivity index (χ2n) is 6.89. The first-order chi connectivity index (χ1) is 12.5. The summed E-state index contributed by atoms with van der Waals surface area (Å²) in [5.41, 5.74) is 0.828. The summed E-state index contributed by atoms with van der Waals surface area (Å²) in [5, 5.41) is 10.5. The highest BCUT2D eigenvalue weighted by Crippen LogP contribution is 2.28. The van der Waals surface area contributed by atoms with Crippen molar-refractivity contribution in [2.75, 3.05) is 13.1 Å². The third kappa shape index (κ3) is 4.00. The molecule has 1 aliphatic heterocycles. The zero-order chi connectivity index (χ0) is 18.7. The van der Waals surface area contributed by atoms with Crippen LogP contribution in [0.25, 0.3) is 0 Å². The molecule has 0 amide bonds. The number of carbonyl (C=O) groups is 1. The van der Waals surface area contributed by atoms with Gasteiger partial charge in [-0.05, 0) is 63.2 Å². The zero-order valence-electron chi connectivity index (χ0n) is 14.7. The van der Waals surface area contributed by atoms with Gasteiger partial charge >= 0.3 is 0 Å². The Balaban J connectivity index is 1.60. The molecule has 3 nitrogen and oxygen atoms in total. The Bertz CT molecular complexity index is 755. The van der Waals surface area contributed by atoms with Gasteiger partial charge in [0.2, 0.25) is 0 Å². The minimum atomic E-state index is -0.916. The van der Waals surface area contributed by atoms with Crippen LogP contribution < -0.4 is 0 Å². The van der Waals surface area contributed by atoms with E-state index >= 15 is 0 Å². The SMILES string of the molecule is CC(C(O)c1ccccc1F)N1CCC(C(=O)c2ccc(F)cc2)CC1. The Hall–Kier alpha value is -2.11. The minimum Gasteiger partial charge on any atom is -0.387 e. The van der Waals surface area contributed by atoms with Crippen LogP contribution in [0.5, 0.6) is 0 Å². The first-order valence-electron chi connectivity index (χ1n) is 8.93. The summed E-state index contributed by atoms with van der Waals surface area (Å²) in [6.45, 7) is 3.19. The topological polar surface area (TPSA) is 40.5 Å². The molecule has 0 aliphatic carbocycles. The molecule has 1 fully saturated rings. The number of Topliss-reactive ketones (excluding diaryl/α,β-unsaturated/α-hetero) is 1. The molecule has 2 unspecified atom stereocenters. The van der Waals surface area contributed by atoms with Gasteiger partial charge in [0, 0.05) is 23.1 Å². The fourth-order valence-corrected chi connectivity index (χ4v) is 3.59. The maximum absolute atomic E-state index is 13.9. The van der Waals surface area contributed by atoms with Crippen molar-refractivity contribution in [2.45, 2.75) is 31.9 Å². The molecule has 1 heterocycles. The summed E-state index contributed by atoms with van der Waals surface area (Å²) in [6, 6.07) is 11.7. The molecule has 0 aromatic heterocycles. The number of likely N-dealkylation sites (tertiary alicyclic amines) is 1. The molecule has 0 saturated carbocycles. The van der Waals surface area contributed by atoms with Crippen molar-refractivity contribution >= 4 is 5.78 Å². The average molecular weight is 359 g/mol. The lowest BCUT2D eigenvalue weighted by Crippen LogP contribution is -2.44. The summed E-state index contributed by atoms with van der Waals surface area (Å²) < 4.78 is 26.9. The van der Waals surface area contributed by atoms with Crippen LogP contribution in [0.2, 0.25) is 0 Å². The lowest BCUT2D eigenvalue weighted by Gasteiger charge is -2.37. The van der Waals surface area contributed by atoms with Gasteiger partial charge in [-0.25, -0.2) is 8.78 Å². The number of piperidine rings is 1. The first kappa shape index (κ1) is 18.7. The van der Waals surface area contributed by atoms with Gasteiger partial charge in [0.25, 0.3) is 0 Å². The standard InChI is InChI=1S/C21H23F2NO2/c1-14(20(25)18-4-2-3-5-19(18)23)24-12-10-16(11-13-24)21(26)15-6-8-17(22)9-7-15/h2-9,14,16,20,25H,10-13H2,1H3. The number of nitrogens with zero attached hydrogens (tertiary/aromatic N) is 1. The van der Waals surface area contributed by atoms with Gasteiger partial charge in [0.15, 0.2) is 5.78 Å². The Kier molecular flexibility index (Phi) is 5.79. The van der Waals surface area contributed by atoms with Crippen LogP contribution in [0.1, 0.15) is 41.8 Å². The molecule has 2 aromatic carbocycles. The van der Waals surface area contributed by atoms with E-state index in [2.05, 4.69) is 4.90 Å². The van der Waals surface area contributed by atoms with Crippen LogP contribution >= 0.6 is 0 Å². The number of aliphatic hydroxyl groups is 1. The van der Waals surface area contributed by atoms with Gasteiger partial charge in [0.1, 0.15) is 11.6 Å². The second-order valence-corrected chi connectivity index (χ2v) is 6.89. The summed E-state index contributed by atoms with van der Waals surface area (Å²) in [5.74, 6) is -0.831. The van der Waals surface area contributed by atoms with E-state index in [-0.39, 0.29) is 23.6 Å². The molecule has 1 aliphatic rings. The van der Waals surface area contributed by atoms with Gasteiger partial charge in [0.05, 0.1) is 6.10 Å². The number of hydrogen-bond donors (Lipinski definition) is 1. The van der Waals surface area contributed by atoms with Gasteiger partial charge in [-0.3, -0.25) is 9.69 Å². The van der Waals surface area contributed by atoms with Gasteiger partial charge in [-0.1, -0.05) is 18.2 Å². The molecule has 1 saturated heterocycles. The van der Waals surface area contributed by atoms with Crippen LogP contribution in [-0.2, 0) is 0 Å². The van der Waals surface area contributed by atoms with E-state index in [9.17, 15) is 18.7 Å². The summed E-state index contributed by atoms with van der Waals surface area (Å²) in [7, 11) is 0.